The molecule has 1 aromatic carbocycles. The number of benzene rings is 1. The van der Waals surface area contributed by atoms with Crippen molar-refractivity contribution >= 4 is 16.0 Å². The van der Waals surface area contributed by atoms with Crippen LogP contribution in [-0.4, -0.2) is 61.4 Å². The Hall–Kier alpha value is -3.18. The van der Waals surface area contributed by atoms with Crippen molar-refractivity contribution in [3.8, 4) is 28.6 Å². The minimum atomic E-state index is -3.85. The van der Waals surface area contributed by atoms with Crippen molar-refractivity contribution in [1.29, 1.82) is 0 Å². The van der Waals surface area contributed by atoms with E-state index in [-0.39, 0.29) is 23.0 Å². The average Bonchev–Trinajstić information content (AvgIpc) is 3.22. The maximum absolute atomic E-state index is 13.3. The topological polar surface area (TPSA) is 117 Å². The van der Waals surface area contributed by atoms with Gasteiger partial charge >= 0.3 is 0 Å². The Labute approximate surface area is 212 Å². The highest BCUT2D eigenvalue weighted by molar-refractivity contribution is 7.92. The highest BCUT2D eigenvalue weighted by Gasteiger charge is 2.42. The lowest BCUT2D eigenvalue weighted by Crippen LogP contribution is -2.44. The van der Waals surface area contributed by atoms with Crippen molar-refractivity contribution in [1.82, 2.24) is 19.7 Å². The minimum absolute atomic E-state index is 0.0121. The van der Waals surface area contributed by atoms with Crippen LogP contribution >= 0.6 is 0 Å². The smallest absolute Gasteiger partial charge is 0.243 e. The Bertz CT molecular complexity index is 1310. The van der Waals surface area contributed by atoms with Crippen molar-refractivity contribution in [3.05, 3.63) is 42.2 Å². The molecular weight excluding hydrogens is 482 g/mol. The van der Waals surface area contributed by atoms with E-state index in [2.05, 4.69) is 33.8 Å². The average molecular weight is 516 g/mol. The zero-order valence-corrected chi connectivity index (χ0v) is 22.3. The molecule has 10 nitrogen and oxygen atoms in total. The molecule has 0 bridgehead atoms. The summed E-state index contributed by atoms with van der Waals surface area (Å²) in [6.45, 7) is 6.26. The summed E-state index contributed by atoms with van der Waals surface area (Å²) in [6.07, 6.45) is 4.78. The molecule has 0 unspecified atom stereocenters. The maximum atomic E-state index is 13.3. The fourth-order valence-electron chi connectivity index (χ4n) is 4.89. The first kappa shape index (κ1) is 25.9. The van der Waals surface area contributed by atoms with Gasteiger partial charge in [0.1, 0.15) is 17.2 Å². The number of methoxy groups -OCH3 is 3. The first-order chi connectivity index (χ1) is 17.1. The second-order valence-electron chi connectivity index (χ2n) is 9.93. The molecule has 1 atom stereocenters. The van der Waals surface area contributed by atoms with Crippen molar-refractivity contribution in [3.63, 3.8) is 0 Å². The van der Waals surface area contributed by atoms with Crippen LogP contribution in [0.1, 0.15) is 32.3 Å². The van der Waals surface area contributed by atoms with Crippen LogP contribution in [0.15, 0.2) is 36.7 Å². The lowest BCUT2D eigenvalue weighted by atomic mass is 9.63. The second-order valence-corrected chi connectivity index (χ2v) is 11.7. The van der Waals surface area contributed by atoms with E-state index in [1.54, 1.807) is 42.3 Å². The van der Waals surface area contributed by atoms with Gasteiger partial charge in [-0.15, -0.1) is 10.2 Å². The van der Waals surface area contributed by atoms with Crippen molar-refractivity contribution in [2.75, 3.05) is 31.8 Å². The molecule has 1 aliphatic rings. The van der Waals surface area contributed by atoms with Gasteiger partial charge in [0.2, 0.25) is 16.0 Å². The van der Waals surface area contributed by atoms with Crippen LogP contribution in [0.5, 0.6) is 11.5 Å². The third kappa shape index (κ3) is 5.31. The number of aryl methyl sites for hydroxylation is 1. The molecule has 0 radical (unpaired) electrons. The standard InChI is InChI=1S/C25H33N5O5S/c1-16-10-17(14-26-13-16)23-27-28-24(30(23)22-19(33-4)8-7-9-20(22)34-5)29-36(31,32)15-21(35-6)18-11-25(2,3)12-18/h7-10,13-14,18,21H,11-12,15H2,1-6H3,(H,28,29)/t21-/m0/s1. The Morgan fingerprint density at radius 3 is 2.33 bits per heavy atom. The predicted octanol–water partition coefficient (Wildman–Crippen LogP) is 3.85. The third-order valence-corrected chi connectivity index (χ3v) is 7.77. The summed E-state index contributed by atoms with van der Waals surface area (Å²) in [5.74, 6) is 1.31. The Balaban J connectivity index is 1.77. The molecule has 36 heavy (non-hydrogen) atoms. The predicted molar refractivity (Wildman–Crippen MR) is 137 cm³/mol. The Morgan fingerprint density at radius 2 is 1.78 bits per heavy atom. The van der Waals surface area contributed by atoms with Gasteiger partial charge < -0.3 is 14.2 Å². The summed E-state index contributed by atoms with van der Waals surface area (Å²) < 4.78 is 47.6. The number of hydrogen-bond acceptors (Lipinski definition) is 8. The van der Waals surface area contributed by atoms with Crippen LogP contribution in [-0.2, 0) is 14.8 Å². The van der Waals surface area contributed by atoms with Crippen molar-refractivity contribution < 1.29 is 22.6 Å². The molecule has 2 heterocycles. The summed E-state index contributed by atoms with van der Waals surface area (Å²) in [5.41, 5.74) is 2.25. The molecule has 4 rings (SSSR count). The molecule has 1 fully saturated rings. The lowest BCUT2D eigenvalue weighted by Gasteiger charge is -2.45. The molecule has 11 heteroatoms. The molecule has 0 aliphatic heterocycles. The van der Waals surface area contributed by atoms with Gasteiger partial charge in [0, 0.05) is 25.1 Å². The minimum Gasteiger partial charge on any atom is -0.494 e. The van der Waals surface area contributed by atoms with Crippen LogP contribution < -0.4 is 14.2 Å². The van der Waals surface area contributed by atoms with Gasteiger partial charge in [-0.2, -0.15) is 0 Å². The normalized spacial score (nSPS) is 16.3. The fraction of sp³-hybridized carbons (Fsp3) is 0.480. The lowest BCUT2D eigenvalue weighted by molar-refractivity contribution is -0.0255. The molecule has 0 saturated heterocycles. The van der Waals surface area contributed by atoms with E-state index in [0.29, 0.717) is 28.6 Å². The molecule has 1 aliphatic carbocycles. The number of aromatic nitrogens is 4. The number of anilines is 1. The van der Waals surface area contributed by atoms with Gasteiger partial charge in [-0.25, -0.2) is 8.42 Å². The number of nitrogens with one attached hydrogen (secondary N) is 1. The van der Waals surface area contributed by atoms with E-state index in [4.69, 9.17) is 14.2 Å². The molecular formula is C25H33N5O5S. The largest absolute Gasteiger partial charge is 0.494 e. The zero-order valence-electron chi connectivity index (χ0n) is 21.5. The third-order valence-electron chi connectivity index (χ3n) is 6.51. The Kier molecular flexibility index (Phi) is 7.24. The van der Waals surface area contributed by atoms with Gasteiger partial charge in [0.15, 0.2) is 5.82 Å². The summed E-state index contributed by atoms with van der Waals surface area (Å²) in [7, 11) is 0.768. The second kappa shape index (κ2) is 10.1. The van der Waals surface area contributed by atoms with Crippen LogP contribution in [0.25, 0.3) is 17.1 Å². The summed E-state index contributed by atoms with van der Waals surface area (Å²) in [5, 5.41) is 8.54. The van der Waals surface area contributed by atoms with Gasteiger partial charge in [0.05, 0.1) is 26.1 Å². The van der Waals surface area contributed by atoms with E-state index in [9.17, 15) is 8.42 Å². The number of hydrogen-bond donors (Lipinski definition) is 1. The van der Waals surface area contributed by atoms with E-state index in [1.165, 1.54) is 14.2 Å². The molecule has 0 amide bonds. The molecule has 1 N–H and O–H groups in total. The SMILES string of the molecule is COc1cccc(OC)c1-n1c(NS(=O)(=O)C[C@H](OC)C2CC(C)(C)C2)nnc1-c1cncc(C)c1. The van der Waals surface area contributed by atoms with Gasteiger partial charge in [-0.3, -0.25) is 14.3 Å². The quantitative estimate of drug-likeness (QED) is 0.433. The number of para-hydroxylation sites is 1. The van der Waals surface area contributed by atoms with E-state index in [1.807, 2.05) is 13.0 Å². The summed E-state index contributed by atoms with van der Waals surface area (Å²) >= 11 is 0. The Morgan fingerprint density at radius 1 is 1.11 bits per heavy atom. The van der Waals surface area contributed by atoms with Crippen LogP contribution in [0.3, 0.4) is 0 Å². The molecule has 0 spiro atoms. The fourth-order valence-corrected chi connectivity index (χ4v) is 6.23. The van der Waals surface area contributed by atoms with Crippen LogP contribution in [0.4, 0.5) is 5.95 Å². The molecule has 2 aromatic heterocycles. The monoisotopic (exact) mass is 515 g/mol. The zero-order chi connectivity index (χ0) is 26.1. The highest BCUT2D eigenvalue weighted by atomic mass is 32.2. The number of ether oxygens (including phenoxy) is 3. The maximum Gasteiger partial charge on any atom is 0.243 e. The van der Waals surface area contributed by atoms with E-state index >= 15 is 0 Å². The van der Waals surface area contributed by atoms with Crippen molar-refractivity contribution in [2.45, 2.75) is 39.7 Å². The van der Waals surface area contributed by atoms with Crippen LogP contribution in [0, 0.1) is 18.3 Å². The van der Waals surface area contributed by atoms with Gasteiger partial charge in [-0.05, 0) is 54.9 Å². The van der Waals surface area contributed by atoms with Crippen molar-refractivity contribution in [2.24, 2.45) is 11.3 Å². The summed E-state index contributed by atoms with van der Waals surface area (Å²) in [4.78, 5) is 4.26. The first-order valence-electron chi connectivity index (χ1n) is 11.7. The summed E-state index contributed by atoms with van der Waals surface area (Å²) in [6, 6.07) is 7.20. The number of nitrogens with zero attached hydrogens (tertiary/aromatic N) is 4. The van der Waals surface area contributed by atoms with E-state index in [0.717, 1.165) is 18.4 Å². The van der Waals surface area contributed by atoms with E-state index < -0.39 is 16.1 Å². The molecule has 3 aromatic rings. The van der Waals surface area contributed by atoms with Gasteiger partial charge in [-0.1, -0.05) is 19.9 Å². The molecule has 1 saturated carbocycles. The number of rotatable bonds is 10. The number of pyridine rings is 1. The molecule has 194 valence electrons. The highest BCUT2D eigenvalue weighted by Crippen LogP contribution is 2.47. The first-order valence-corrected chi connectivity index (χ1v) is 13.3. The number of sulfonamides is 1. The van der Waals surface area contributed by atoms with Gasteiger partial charge in [0.25, 0.3) is 0 Å². The van der Waals surface area contributed by atoms with Crippen LogP contribution in [0.2, 0.25) is 0 Å².